The molecule has 2 amide bonds. The van der Waals surface area contributed by atoms with Crippen LogP contribution in [0, 0.1) is 13.8 Å². The lowest BCUT2D eigenvalue weighted by Gasteiger charge is -2.08. The van der Waals surface area contributed by atoms with Crippen molar-refractivity contribution in [1.29, 1.82) is 0 Å². The van der Waals surface area contributed by atoms with Crippen LogP contribution < -0.4 is 15.4 Å². The number of fused-ring (bicyclic) bond motifs is 2. The molecule has 29 heavy (non-hydrogen) atoms. The number of rotatable bonds is 4. The van der Waals surface area contributed by atoms with Gasteiger partial charge in [-0.2, -0.15) is 5.10 Å². The lowest BCUT2D eigenvalue weighted by Crippen LogP contribution is -2.18. The third-order valence-electron chi connectivity index (χ3n) is 4.88. The van der Waals surface area contributed by atoms with Gasteiger partial charge in [0.2, 0.25) is 0 Å². The Bertz CT molecular complexity index is 1270. The monoisotopic (exact) mass is 392 g/mol. The van der Waals surface area contributed by atoms with Crippen molar-refractivity contribution in [2.45, 2.75) is 13.8 Å². The first-order valence-electron chi connectivity index (χ1n) is 9.06. The highest BCUT2D eigenvalue weighted by atomic mass is 16.5. The van der Waals surface area contributed by atoms with E-state index in [1.807, 2.05) is 6.92 Å². The molecule has 0 atom stereocenters. The van der Waals surface area contributed by atoms with Crippen LogP contribution in [0.3, 0.4) is 0 Å². The first-order valence-corrected chi connectivity index (χ1v) is 9.06. The van der Waals surface area contributed by atoms with E-state index in [0.29, 0.717) is 39.5 Å². The van der Waals surface area contributed by atoms with Crippen LogP contribution in [-0.2, 0) is 0 Å². The van der Waals surface area contributed by atoms with Crippen LogP contribution in [0.1, 0.15) is 32.0 Å². The van der Waals surface area contributed by atoms with Crippen LogP contribution in [0.15, 0.2) is 41.1 Å². The standard InChI is InChI=1S/C21H20N4O4/c1-11-15(20(26)22-3)10-25-19(11)16(7-8-24-25)29-13-5-6-14-17(9-13)28-12(2)18(14)21(27)23-4/h5-10H,1-4H3,(H,22,26)(H,23,27). The molecule has 4 rings (SSSR count). The van der Waals surface area contributed by atoms with Gasteiger partial charge in [-0.25, -0.2) is 4.52 Å². The van der Waals surface area contributed by atoms with Crippen molar-refractivity contribution in [1.82, 2.24) is 20.2 Å². The van der Waals surface area contributed by atoms with Gasteiger partial charge in [0.15, 0.2) is 5.75 Å². The summed E-state index contributed by atoms with van der Waals surface area (Å²) in [7, 11) is 3.17. The first kappa shape index (κ1) is 18.5. The Hall–Kier alpha value is -3.81. The number of carbonyl (C=O) groups is 2. The number of benzene rings is 1. The van der Waals surface area contributed by atoms with E-state index in [0.717, 1.165) is 10.9 Å². The molecule has 0 aliphatic carbocycles. The van der Waals surface area contributed by atoms with Gasteiger partial charge in [-0.05, 0) is 31.5 Å². The lowest BCUT2D eigenvalue weighted by atomic mass is 10.1. The third-order valence-corrected chi connectivity index (χ3v) is 4.88. The number of aryl methyl sites for hydroxylation is 2. The second-order valence-corrected chi connectivity index (χ2v) is 6.61. The van der Waals surface area contributed by atoms with Crippen molar-refractivity contribution >= 4 is 28.3 Å². The molecule has 3 aromatic heterocycles. The van der Waals surface area contributed by atoms with E-state index in [4.69, 9.17) is 9.15 Å². The number of nitrogens with zero attached hydrogens (tertiary/aromatic N) is 2. The molecule has 0 aliphatic heterocycles. The molecule has 2 N–H and O–H groups in total. The number of nitrogens with one attached hydrogen (secondary N) is 2. The number of furan rings is 1. The van der Waals surface area contributed by atoms with Crippen molar-refractivity contribution in [2.24, 2.45) is 0 Å². The van der Waals surface area contributed by atoms with E-state index < -0.39 is 0 Å². The zero-order valence-corrected chi connectivity index (χ0v) is 16.5. The van der Waals surface area contributed by atoms with Crippen molar-refractivity contribution in [3.8, 4) is 11.5 Å². The average Bonchev–Trinajstić information content (AvgIpc) is 3.23. The highest BCUT2D eigenvalue weighted by Gasteiger charge is 2.19. The zero-order valence-electron chi connectivity index (χ0n) is 16.5. The van der Waals surface area contributed by atoms with Gasteiger partial charge in [-0.1, -0.05) is 0 Å². The van der Waals surface area contributed by atoms with Gasteiger partial charge in [0.05, 0.1) is 17.3 Å². The van der Waals surface area contributed by atoms with Gasteiger partial charge in [0.25, 0.3) is 11.8 Å². The maximum atomic E-state index is 12.1. The van der Waals surface area contributed by atoms with Crippen LogP contribution in [-0.4, -0.2) is 35.5 Å². The number of amides is 2. The smallest absolute Gasteiger partial charge is 0.255 e. The molecule has 3 heterocycles. The molecule has 0 saturated carbocycles. The van der Waals surface area contributed by atoms with Crippen molar-refractivity contribution in [2.75, 3.05) is 14.1 Å². The molecule has 0 spiro atoms. The topological polar surface area (TPSA) is 97.9 Å². The fourth-order valence-corrected chi connectivity index (χ4v) is 3.47. The Morgan fingerprint density at radius 1 is 1.10 bits per heavy atom. The van der Waals surface area contributed by atoms with E-state index in [9.17, 15) is 9.59 Å². The van der Waals surface area contributed by atoms with Gasteiger partial charge >= 0.3 is 0 Å². The van der Waals surface area contributed by atoms with E-state index in [2.05, 4.69) is 15.7 Å². The fraction of sp³-hybridized carbons (Fsp3) is 0.190. The summed E-state index contributed by atoms with van der Waals surface area (Å²) in [6.45, 7) is 3.60. The Kier molecular flexibility index (Phi) is 4.46. The summed E-state index contributed by atoms with van der Waals surface area (Å²) in [5.41, 5.74) is 3.07. The van der Waals surface area contributed by atoms with Gasteiger partial charge < -0.3 is 19.8 Å². The van der Waals surface area contributed by atoms with Gasteiger partial charge in [-0.15, -0.1) is 0 Å². The van der Waals surface area contributed by atoms with E-state index in [1.165, 1.54) is 0 Å². The molecule has 0 saturated heterocycles. The quantitative estimate of drug-likeness (QED) is 0.556. The number of carbonyl (C=O) groups excluding carboxylic acids is 2. The number of aromatic nitrogens is 2. The van der Waals surface area contributed by atoms with Crippen molar-refractivity contribution in [3.63, 3.8) is 0 Å². The molecule has 4 aromatic rings. The molecular weight excluding hydrogens is 372 g/mol. The lowest BCUT2D eigenvalue weighted by molar-refractivity contribution is 0.0954. The summed E-state index contributed by atoms with van der Waals surface area (Å²) in [6.07, 6.45) is 3.28. The van der Waals surface area contributed by atoms with Crippen LogP contribution >= 0.6 is 0 Å². The van der Waals surface area contributed by atoms with E-state index >= 15 is 0 Å². The Morgan fingerprint density at radius 3 is 2.59 bits per heavy atom. The maximum absolute atomic E-state index is 12.1. The van der Waals surface area contributed by atoms with Crippen molar-refractivity contribution in [3.05, 3.63) is 59.1 Å². The molecule has 0 fully saturated rings. The van der Waals surface area contributed by atoms with Crippen LogP contribution in [0.5, 0.6) is 11.5 Å². The Balaban J connectivity index is 1.77. The van der Waals surface area contributed by atoms with Gasteiger partial charge in [0, 0.05) is 37.8 Å². The van der Waals surface area contributed by atoms with E-state index in [-0.39, 0.29) is 11.8 Å². The minimum absolute atomic E-state index is 0.187. The second kappa shape index (κ2) is 6.97. The summed E-state index contributed by atoms with van der Waals surface area (Å²) in [5, 5.41) is 10.2. The summed E-state index contributed by atoms with van der Waals surface area (Å²) in [5.74, 6) is 1.26. The predicted octanol–water partition coefficient (Wildman–Crippen LogP) is 3.21. The highest BCUT2D eigenvalue weighted by Crippen LogP contribution is 2.33. The summed E-state index contributed by atoms with van der Waals surface area (Å²) >= 11 is 0. The summed E-state index contributed by atoms with van der Waals surface area (Å²) in [4.78, 5) is 24.2. The molecule has 0 unspecified atom stereocenters. The molecule has 0 bridgehead atoms. The summed E-state index contributed by atoms with van der Waals surface area (Å²) in [6, 6.07) is 7.05. The predicted molar refractivity (Wildman–Crippen MR) is 108 cm³/mol. The fourth-order valence-electron chi connectivity index (χ4n) is 3.47. The van der Waals surface area contributed by atoms with Crippen molar-refractivity contribution < 1.29 is 18.7 Å². The largest absolute Gasteiger partial charge is 0.460 e. The number of hydrogen-bond acceptors (Lipinski definition) is 5. The first-order chi connectivity index (χ1) is 13.9. The normalized spacial score (nSPS) is 11.0. The minimum atomic E-state index is -0.198. The molecule has 8 nitrogen and oxygen atoms in total. The second-order valence-electron chi connectivity index (χ2n) is 6.61. The molecule has 8 heteroatoms. The SMILES string of the molecule is CNC(=O)c1cn2nccc(Oc3ccc4c(C(=O)NC)c(C)oc4c3)c2c1C. The third kappa shape index (κ3) is 2.98. The molecule has 148 valence electrons. The van der Waals surface area contributed by atoms with Gasteiger partial charge in [-0.3, -0.25) is 9.59 Å². The summed E-state index contributed by atoms with van der Waals surface area (Å²) < 4.78 is 13.5. The Labute approximate surface area is 166 Å². The van der Waals surface area contributed by atoms with Gasteiger partial charge in [0.1, 0.15) is 22.6 Å². The van der Waals surface area contributed by atoms with Crippen LogP contribution in [0.4, 0.5) is 0 Å². The number of ether oxygens (including phenoxy) is 1. The van der Waals surface area contributed by atoms with Crippen LogP contribution in [0.25, 0.3) is 16.5 Å². The minimum Gasteiger partial charge on any atom is -0.460 e. The Morgan fingerprint density at radius 2 is 1.86 bits per heavy atom. The maximum Gasteiger partial charge on any atom is 0.255 e. The number of hydrogen-bond donors (Lipinski definition) is 2. The molecule has 1 aromatic carbocycles. The zero-order chi connectivity index (χ0) is 20.7. The van der Waals surface area contributed by atoms with E-state index in [1.54, 1.807) is 62.2 Å². The van der Waals surface area contributed by atoms with Crippen LogP contribution in [0.2, 0.25) is 0 Å². The molecular formula is C21H20N4O4. The average molecular weight is 392 g/mol. The molecule has 0 radical (unpaired) electrons. The molecule has 0 aliphatic rings. The highest BCUT2D eigenvalue weighted by molar-refractivity contribution is 6.07.